The Labute approximate surface area is 141 Å². The van der Waals surface area contributed by atoms with Crippen LogP contribution >= 0.6 is 0 Å². The van der Waals surface area contributed by atoms with E-state index in [0.717, 1.165) is 27.5 Å². The Morgan fingerprint density at radius 1 is 1.38 bits per heavy atom. The predicted molar refractivity (Wildman–Crippen MR) is 95.8 cm³/mol. The lowest BCUT2D eigenvalue weighted by molar-refractivity contribution is -0.117. The monoisotopic (exact) mass is 320 g/mol. The molecule has 0 saturated carbocycles. The first kappa shape index (κ1) is 16.2. The highest BCUT2D eigenvalue weighted by atomic mass is 16.3. The molecule has 122 valence electrons. The maximum Gasteiger partial charge on any atom is 0.141 e. The van der Waals surface area contributed by atoms with Crippen LogP contribution in [-0.2, 0) is 4.79 Å². The van der Waals surface area contributed by atoms with Crippen molar-refractivity contribution in [2.75, 3.05) is 0 Å². The number of terminal acetylenes is 1. The summed E-state index contributed by atoms with van der Waals surface area (Å²) in [5.41, 5.74) is 2.90. The van der Waals surface area contributed by atoms with E-state index < -0.39 is 12.1 Å². The molecule has 0 bridgehead atoms. The summed E-state index contributed by atoms with van der Waals surface area (Å²) < 4.78 is 1.98. The van der Waals surface area contributed by atoms with Gasteiger partial charge in [0.25, 0.3) is 0 Å². The molecule has 1 aromatic carbocycles. The van der Waals surface area contributed by atoms with Gasteiger partial charge in [0.1, 0.15) is 17.5 Å². The van der Waals surface area contributed by atoms with Gasteiger partial charge >= 0.3 is 0 Å². The second kappa shape index (κ2) is 6.46. The van der Waals surface area contributed by atoms with Crippen molar-refractivity contribution in [1.82, 2.24) is 9.55 Å². The Morgan fingerprint density at radius 3 is 2.88 bits per heavy atom. The minimum absolute atomic E-state index is 0.0776. The van der Waals surface area contributed by atoms with Crippen LogP contribution in [0.5, 0.6) is 0 Å². The number of nitrogens with zero attached hydrogens (tertiary/aromatic N) is 2. The number of carbonyl (C=O) groups is 1. The molecule has 2 aromatic heterocycles. The number of fused-ring (bicyclic) bond motifs is 3. The number of aliphatic hydroxyl groups excluding tert-OH is 1. The highest BCUT2D eigenvalue weighted by molar-refractivity contribution is 6.07. The Hall–Kier alpha value is -2.64. The Bertz CT molecular complexity index is 949. The summed E-state index contributed by atoms with van der Waals surface area (Å²) in [6.07, 6.45) is 7.07. The first-order valence-electron chi connectivity index (χ1n) is 8.02. The molecule has 0 radical (unpaired) electrons. The number of hydrogen-bond acceptors (Lipinski definition) is 3. The highest BCUT2D eigenvalue weighted by Gasteiger charge is 2.24. The maximum absolute atomic E-state index is 11.4. The Balaban J connectivity index is 2.28. The van der Waals surface area contributed by atoms with E-state index in [2.05, 4.69) is 17.0 Å². The van der Waals surface area contributed by atoms with Gasteiger partial charge in [0.15, 0.2) is 0 Å². The largest absolute Gasteiger partial charge is 0.378 e. The second-order valence-electron chi connectivity index (χ2n) is 6.18. The molecular formula is C20H20N2O2. The zero-order valence-electron chi connectivity index (χ0n) is 13.9. The van der Waals surface area contributed by atoms with Gasteiger partial charge in [0.05, 0.1) is 11.6 Å². The normalized spacial score (nSPS) is 13.8. The lowest BCUT2D eigenvalue weighted by atomic mass is 10.0. The minimum atomic E-state index is -0.980. The van der Waals surface area contributed by atoms with Crippen LogP contribution in [0, 0.1) is 19.3 Å². The third kappa shape index (κ3) is 2.79. The molecular weight excluding hydrogens is 300 g/mol. The SMILES string of the molecule is C#CC(O)C(CCC(C)=O)n1c2ccc(C)cc2c2cccnc21. The van der Waals surface area contributed by atoms with Crippen molar-refractivity contribution in [2.24, 2.45) is 0 Å². The molecule has 0 amide bonds. The number of aliphatic hydroxyl groups is 1. The van der Waals surface area contributed by atoms with Crippen LogP contribution in [0.1, 0.15) is 31.4 Å². The van der Waals surface area contributed by atoms with Crippen LogP contribution in [0.2, 0.25) is 0 Å². The van der Waals surface area contributed by atoms with Crippen LogP contribution in [0.15, 0.2) is 36.5 Å². The van der Waals surface area contributed by atoms with E-state index in [1.807, 2.05) is 35.8 Å². The van der Waals surface area contributed by atoms with E-state index in [1.54, 1.807) is 13.1 Å². The summed E-state index contributed by atoms with van der Waals surface area (Å²) in [5.74, 6) is 2.49. The van der Waals surface area contributed by atoms with Crippen molar-refractivity contribution in [3.05, 3.63) is 42.1 Å². The summed E-state index contributed by atoms with van der Waals surface area (Å²) >= 11 is 0. The summed E-state index contributed by atoms with van der Waals surface area (Å²) in [6, 6.07) is 9.69. The summed E-state index contributed by atoms with van der Waals surface area (Å²) in [7, 11) is 0. The van der Waals surface area contributed by atoms with Gasteiger partial charge in [-0.25, -0.2) is 4.98 Å². The van der Waals surface area contributed by atoms with Gasteiger partial charge in [-0.3, -0.25) is 0 Å². The zero-order valence-corrected chi connectivity index (χ0v) is 13.9. The molecule has 1 N–H and O–H groups in total. The number of Topliss-reactive ketones (excluding diaryl/α,β-unsaturated/α-hetero) is 1. The lowest BCUT2D eigenvalue weighted by Gasteiger charge is -2.22. The molecule has 3 rings (SSSR count). The molecule has 0 aliphatic heterocycles. The standard InChI is InChI=1S/C20H20N2O2/c1-4-19(24)18(10-8-14(3)23)22-17-9-7-13(2)12-16(17)15-6-5-11-21-20(15)22/h1,5-7,9,11-12,18-19,24H,8,10H2,2-3H3. The smallest absolute Gasteiger partial charge is 0.141 e. The van der Waals surface area contributed by atoms with Gasteiger partial charge in [0.2, 0.25) is 0 Å². The molecule has 0 aliphatic rings. The molecule has 0 aliphatic carbocycles. The van der Waals surface area contributed by atoms with Gasteiger partial charge in [-0.1, -0.05) is 17.6 Å². The van der Waals surface area contributed by atoms with Crippen LogP contribution in [-0.4, -0.2) is 26.5 Å². The van der Waals surface area contributed by atoms with Gasteiger partial charge < -0.3 is 14.5 Å². The van der Waals surface area contributed by atoms with E-state index in [4.69, 9.17) is 6.42 Å². The average molecular weight is 320 g/mol. The molecule has 0 spiro atoms. The van der Waals surface area contributed by atoms with Crippen LogP contribution in [0.25, 0.3) is 21.9 Å². The molecule has 2 unspecified atom stereocenters. The van der Waals surface area contributed by atoms with E-state index in [9.17, 15) is 9.90 Å². The van der Waals surface area contributed by atoms with Crippen LogP contribution in [0.4, 0.5) is 0 Å². The topological polar surface area (TPSA) is 55.1 Å². The van der Waals surface area contributed by atoms with Gasteiger partial charge in [-0.05, 0) is 44.5 Å². The van der Waals surface area contributed by atoms with Crippen LogP contribution in [0.3, 0.4) is 0 Å². The number of carbonyl (C=O) groups excluding carboxylic acids is 1. The van der Waals surface area contributed by atoms with Crippen molar-refractivity contribution < 1.29 is 9.90 Å². The molecule has 4 nitrogen and oxygen atoms in total. The lowest BCUT2D eigenvalue weighted by Crippen LogP contribution is -2.23. The summed E-state index contributed by atoms with van der Waals surface area (Å²) in [6.45, 7) is 3.59. The number of aryl methyl sites for hydroxylation is 1. The fourth-order valence-electron chi connectivity index (χ4n) is 3.22. The van der Waals surface area contributed by atoms with Gasteiger partial charge in [-0.15, -0.1) is 6.42 Å². The van der Waals surface area contributed by atoms with E-state index in [-0.39, 0.29) is 5.78 Å². The molecule has 24 heavy (non-hydrogen) atoms. The van der Waals surface area contributed by atoms with E-state index in [0.29, 0.717) is 12.8 Å². The Morgan fingerprint density at radius 2 is 2.17 bits per heavy atom. The van der Waals surface area contributed by atoms with E-state index in [1.165, 1.54) is 0 Å². The van der Waals surface area contributed by atoms with Crippen molar-refractivity contribution in [3.8, 4) is 12.3 Å². The molecule has 0 saturated heterocycles. The average Bonchev–Trinajstić information content (AvgIpc) is 2.89. The van der Waals surface area contributed by atoms with Crippen molar-refractivity contribution in [1.29, 1.82) is 0 Å². The third-order valence-corrected chi connectivity index (χ3v) is 4.38. The predicted octanol–water partition coefficient (Wildman–Crippen LogP) is 3.40. The third-order valence-electron chi connectivity index (χ3n) is 4.38. The van der Waals surface area contributed by atoms with Gasteiger partial charge in [-0.2, -0.15) is 0 Å². The minimum Gasteiger partial charge on any atom is -0.378 e. The summed E-state index contributed by atoms with van der Waals surface area (Å²) in [4.78, 5) is 16.0. The van der Waals surface area contributed by atoms with E-state index >= 15 is 0 Å². The highest BCUT2D eigenvalue weighted by Crippen LogP contribution is 2.34. The first-order chi connectivity index (χ1) is 11.5. The number of hydrogen-bond donors (Lipinski definition) is 1. The zero-order chi connectivity index (χ0) is 17.3. The molecule has 2 heterocycles. The molecule has 2 atom stereocenters. The van der Waals surface area contributed by atoms with Gasteiger partial charge in [0, 0.05) is 23.4 Å². The molecule has 0 fully saturated rings. The van der Waals surface area contributed by atoms with Crippen molar-refractivity contribution in [2.45, 2.75) is 38.8 Å². The van der Waals surface area contributed by atoms with Crippen molar-refractivity contribution >= 4 is 27.7 Å². The fourth-order valence-corrected chi connectivity index (χ4v) is 3.22. The molecule has 4 heteroatoms. The van der Waals surface area contributed by atoms with Crippen LogP contribution < -0.4 is 0 Å². The number of aromatic nitrogens is 2. The molecule has 3 aromatic rings. The summed E-state index contributed by atoms with van der Waals surface area (Å²) in [5, 5.41) is 12.5. The van der Waals surface area contributed by atoms with Crippen molar-refractivity contribution in [3.63, 3.8) is 0 Å². The second-order valence-corrected chi connectivity index (χ2v) is 6.18. The number of benzene rings is 1. The maximum atomic E-state index is 11.4. The quantitative estimate of drug-likeness (QED) is 0.733. The Kier molecular flexibility index (Phi) is 4.37. The fraction of sp³-hybridized carbons (Fsp3) is 0.300. The number of ketones is 1. The first-order valence-corrected chi connectivity index (χ1v) is 8.02. The number of pyridine rings is 1. The number of rotatable bonds is 5.